The highest BCUT2D eigenvalue weighted by molar-refractivity contribution is 7.98. The van der Waals surface area contributed by atoms with Crippen molar-refractivity contribution in [2.75, 3.05) is 19.6 Å². The summed E-state index contributed by atoms with van der Waals surface area (Å²) in [5.74, 6) is 5.15. The van der Waals surface area contributed by atoms with Crippen molar-refractivity contribution < 1.29 is 0 Å². The molecule has 1 aromatic carbocycles. The van der Waals surface area contributed by atoms with Gasteiger partial charge >= 0.3 is 0 Å². The number of aromatic nitrogens is 3. The first-order valence-electron chi connectivity index (χ1n) is 12.6. The molecule has 0 radical (unpaired) electrons. The van der Waals surface area contributed by atoms with Crippen LogP contribution in [0.4, 0.5) is 0 Å². The fraction of sp³-hybridized carbons (Fsp3) is 0.692. The van der Waals surface area contributed by atoms with Gasteiger partial charge in [0.1, 0.15) is 5.82 Å². The Hall–Kier alpha value is -1.33. The van der Waals surface area contributed by atoms with Crippen molar-refractivity contribution in [3.05, 3.63) is 41.7 Å². The van der Waals surface area contributed by atoms with Gasteiger partial charge in [0.15, 0.2) is 5.16 Å². The van der Waals surface area contributed by atoms with Gasteiger partial charge in [0.2, 0.25) is 0 Å². The highest BCUT2D eigenvalue weighted by atomic mass is 32.2. The van der Waals surface area contributed by atoms with Crippen LogP contribution < -0.4 is 0 Å². The van der Waals surface area contributed by atoms with Crippen LogP contribution in [0, 0.1) is 17.8 Å². The lowest BCUT2D eigenvalue weighted by Gasteiger charge is -2.56. The zero-order valence-corrected chi connectivity index (χ0v) is 19.5. The molecule has 5 fully saturated rings. The molecule has 5 heteroatoms. The van der Waals surface area contributed by atoms with E-state index < -0.39 is 0 Å². The normalized spacial score (nSPS) is 32.6. The Morgan fingerprint density at radius 1 is 0.839 bits per heavy atom. The van der Waals surface area contributed by atoms with Gasteiger partial charge in [-0.25, -0.2) is 0 Å². The fourth-order valence-corrected chi connectivity index (χ4v) is 8.44. The topological polar surface area (TPSA) is 34.0 Å². The predicted molar refractivity (Wildman–Crippen MR) is 126 cm³/mol. The number of nitrogens with zero attached hydrogens (tertiary/aromatic N) is 4. The van der Waals surface area contributed by atoms with Crippen LogP contribution in [-0.2, 0) is 17.7 Å². The number of rotatable bonds is 7. The Kier molecular flexibility index (Phi) is 5.60. The molecule has 4 bridgehead atoms. The molecule has 0 N–H and O–H groups in total. The van der Waals surface area contributed by atoms with E-state index in [1.807, 2.05) is 11.8 Å². The largest absolute Gasteiger partial charge is 0.304 e. The number of thioether (sulfide) groups is 1. The third kappa shape index (κ3) is 4.08. The van der Waals surface area contributed by atoms with Gasteiger partial charge < -0.3 is 9.47 Å². The molecule has 4 nitrogen and oxygen atoms in total. The molecule has 4 saturated carbocycles. The number of piperidine rings is 1. The molecule has 2 heterocycles. The molecule has 4 aliphatic carbocycles. The molecule has 7 rings (SSSR count). The third-order valence-electron chi connectivity index (χ3n) is 8.53. The van der Waals surface area contributed by atoms with Gasteiger partial charge in [0.05, 0.1) is 0 Å². The lowest BCUT2D eigenvalue weighted by atomic mass is 9.49. The molecule has 0 unspecified atom stereocenters. The van der Waals surface area contributed by atoms with E-state index in [2.05, 4.69) is 39.8 Å². The van der Waals surface area contributed by atoms with E-state index in [4.69, 9.17) is 10.2 Å². The lowest BCUT2D eigenvalue weighted by Crippen LogP contribution is -2.50. The molecule has 1 saturated heterocycles. The van der Waals surface area contributed by atoms with Crippen LogP contribution in [-0.4, -0.2) is 39.3 Å². The van der Waals surface area contributed by atoms with E-state index >= 15 is 0 Å². The summed E-state index contributed by atoms with van der Waals surface area (Å²) < 4.78 is 2.56. The third-order valence-corrected chi connectivity index (χ3v) is 9.57. The first kappa shape index (κ1) is 20.3. The van der Waals surface area contributed by atoms with Crippen LogP contribution in [0.3, 0.4) is 0 Å². The van der Waals surface area contributed by atoms with Gasteiger partial charge in [0, 0.05) is 24.3 Å². The van der Waals surface area contributed by atoms with E-state index in [1.165, 1.54) is 82.3 Å². The van der Waals surface area contributed by atoms with E-state index in [9.17, 15) is 0 Å². The number of hydrogen-bond acceptors (Lipinski definition) is 4. The van der Waals surface area contributed by atoms with Crippen molar-refractivity contribution in [1.29, 1.82) is 0 Å². The van der Waals surface area contributed by atoms with Crippen molar-refractivity contribution >= 4 is 11.8 Å². The Labute approximate surface area is 191 Å². The van der Waals surface area contributed by atoms with Crippen molar-refractivity contribution in [3.63, 3.8) is 0 Å². The standard InChI is InChI=1S/C26H36N4S/c1-3-7-20(8-4-1)19-31-25-28-27-24(30(25)12-11-29-9-5-2-6-10-29)26-16-21-13-22(17-26)15-23(14-21)18-26/h1,3-4,7-8,21-23H,2,5-6,9-19H2. The van der Waals surface area contributed by atoms with Crippen LogP contribution in [0.2, 0.25) is 0 Å². The second kappa shape index (κ2) is 8.55. The molecule has 1 aliphatic heterocycles. The number of likely N-dealkylation sites (tertiary alicyclic amines) is 1. The highest BCUT2D eigenvalue weighted by Crippen LogP contribution is 2.60. The van der Waals surface area contributed by atoms with E-state index in [0.717, 1.165) is 41.8 Å². The summed E-state index contributed by atoms with van der Waals surface area (Å²) in [6.07, 6.45) is 12.7. The predicted octanol–water partition coefficient (Wildman–Crippen LogP) is 5.52. The summed E-state index contributed by atoms with van der Waals surface area (Å²) in [4.78, 5) is 2.67. The Balaban J connectivity index is 1.27. The minimum Gasteiger partial charge on any atom is -0.304 e. The highest BCUT2D eigenvalue weighted by Gasteiger charge is 2.54. The summed E-state index contributed by atoms with van der Waals surface area (Å²) in [5, 5.41) is 10.9. The molecule has 2 aromatic rings. The maximum Gasteiger partial charge on any atom is 0.191 e. The average molecular weight is 437 g/mol. The molecule has 166 valence electrons. The Morgan fingerprint density at radius 2 is 1.52 bits per heavy atom. The Morgan fingerprint density at radius 3 is 2.19 bits per heavy atom. The van der Waals surface area contributed by atoms with Crippen molar-refractivity contribution in [2.24, 2.45) is 17.8 Å². The van der Waals surface area contributed by atoms with Crippen LogP contribution >= 0.6 is 11.8 Å². The van der Waals surface area contributed by atoms with Gasteiger partial charge in [-0.05, 0) is 87.8 Å². The second-order valence-electron chi connectivity index (χ2n) is 10.8. The van der Waals surface area contributed by atoms with Crippen molar-refractivity contribution in [1.82, 2.24) is 19.7 Å². The Bertz CT molecular complexity index is 851. The summed E-state index contributed by atoms with van der Waals surface area (Å²) in [6.45, 7) is 4.74. The summed E-state index contributed by atoms with van der Waals surface area (Å²) in [6, 6.07) is 10.8. The SMILES string of the molecule is c1ccc(CSc2nnc(C34CC5CC(CC(C5)C3)C4)n2CCN2CCCCC2)cc1. The van der Waals surface area contributed by atoms with Crippen molar-refractivity contribution in [2.45, 2.75) is 80.7 Å². The molecular formula is C26H36N4S. The van der Waals surface area contributed by atoms with E-state index in [0.29, 0.717) is 5.41 Å². The molecule has 1 aromatic heterocycles. The monoisotopic (exact) mass is 436 g/mol. The molecule has 5 aliphatic rings. The average Bonchev–Trinajstić information content (AvgIpc) is 3.20. The summed E-state index contributed by atoms with van der Waals surface area (Å²) in [7, 11) is 0. The molecule has 0 atom stereocenters. The minimum atomic E-state index is 0.315. The van der Waals surface area contributed by atoms with Gasteiger partial charge in [-0.3, -0.25) is 0 Å². The molecule has 0 spiro atoms. The summed E-state index contributed by atoms with van der Waals surface area (Å²) >= 11 is 1.88. The first-order valence-corrected chi connectivity index (χ1v) is 13.6. The van der Waals surface area contributed by atoms with Crippen LogP contribution in [0.15, 0.2) is 35.5 Å². The van der Waals surface area contributed by atoms with Crippen LogP contribution in [0.1, 0.15) is 69.2 Å². The van der Waals surface area contributed by atoms with Crippen LogP contribution in [0.25, 0.3) is 0 Å². The summed E-state index contributed by atoms with van der Waals surface area (Å²) in [5.41, 5.74) is 1.68. The van der Waals surface area contributed by atoms with E-state index in [-0.39, 0.29) is 0 Å². The fourth-order valence-electron chi connectivity index (χ4n) is 7.52. The lowest BCUT2D eigenvalue weighted by molar-refractivity contribution is -0.0116. The van der Waals surface area contributed by atoms with Gasteiger partial charge in [0.25, 0.3) is 0 Å². The smallest absolute Gasteiger partial charge is 0.191 e. The maximum absolute atomic E-state index is 4.96. The van der Waals surface area contributed by atoms with Gasteiger partial charge in [-0.2, -0.15) is 0 Å². The molecule has 0 amide bonds. The van der Waals surface area contributed by atoms with Gasteiger partial charge in [-0.1, -0.05) is 48.5 Å². The van der Waals surface area contributed by atoms with Crippen LogP contribution in [0.5, 0.6) is 0 Å². The minimum absolute atomic E-state index is 0.315. The van der Waals surface area contributed by atoms with E-state index in [1.54, 1.807) is 0 Å². The molecule has 31 heavy (non-hydrogen) atoms. The first-order chi connectivity index (χ1) is 15.3. The van der Waals surface area contributed by atoms with Gasteiger partial charge in [-0.15, -0.1) is 10.2 Å². The number of hydrogen-bond donors (Lipinski definition) is 0. The van der Waals surface area contributed by atoms with Crippen molar-refractivity contribution in [3.8, 4) is 0 Å². The quantitative estimate of drug-likeness (QED) is 0.535. The zero-order valence-electron chi connectivity index (χ0n) is 18.7. The number of benzene rings is 1. The maximum atomic E-state index is 4.96. The molecular weight excluding hydrogens is 400 g/mol. The zero-order chi connectivity index (χ0) is 20.7. The second-order valence-corrected chi connectivity index (χ2v) is 11.8.